The van der Waals surface area contributed by atoms with Crippen LogP contribution in [0.5, 0.6) is 0 Å². The normalized spacial score (nSPS) is 19.4. The molecule has 1 aromatic carbocycles. The minimum absolute atomic E-state index is 0.304. The molecule has 0 amide bonds. The molecule has 2 rings (SSSR count). The van der Waals surface area contributed by atoms with Crippen molar-refractivity contribution >= 4 is 11.5 Å². The summed E-state index contributed by atoms with van der Waals surface area (Å²) in [5.41, 5.74) is 6.85. The van der Waals surface area contributed by atoms with Crippen molar-refractivity contribution in [2.24, 2.45) is 10.9 Å². The monoisotopic (exact) mass is 262 g/mol. The van der Waals surface area contributed by atoms with Crippen LogP contribution in [-0.4, -0.2) is 48.2 Å². The third kappa shape index (κ3) is 3.61. The summed E-state index contributed by atoms with van der Waals surface area (Å²) in [5, 5.41) is 11.7. The molecule has 0 aliphatic carbocycles. The van der Waals surface area contributed by atoms with Gasteiger partial charge in [-0.25, -0.2) is 0 Å². The molecule has 0 bridgehead atoms. The van der Waals surface area contributed by atoms with E-state index in [0.717, 1.165) is 26.2 Å². The number of oxime groups is 1. The Labute approximate surface area is 114 Å². The van der Waals surface area contributed by atoms with E-state index in [9.17, 15) is 0 Å². The Hall–Kier alpha value is -1.75. The summed E-state index contributed by atoms with van der Waals surface area (Å²) in [4.78, 5) is 4.78. The first kappa shape index (κ1) is 13.7. The summed E-state index contributed by atoms with van der Waals surface area (Å²) in [6, 6.07) is 10.8. The fraction of sp³-hybridized carbons (Fsp3) is 0.500. The van der Waals surface area contributed by atoms with E-state index in [1.807, 2.05) is 6.07 Å². The van der Waals surface area contributed by atoms with Gasteiger partial charge in [0.2, 0.25) is 0 Å². The lowest BCUT2D eigenvalue weighted by molar-refractivity contribution is 0.199. The maximum Gasteiger partial charge on any atom is 0.140 e. The fourth-order valence-corrected chi connectivity index (χ4v) is 2.53. The van der Waals surface area contributed by atoms with Gasteiger partial charge in [0.25, 0.3) is 0 Å². The fourth-order valence-electron chi connectivity index (χ4n) is 2.53. The van der Waals surface area contributed by atoms with Gasteiger partial charge in [0.05, 0.1) is 0 Å². The predicted octanol–water partition coefficient (Wildman–Crippen LogP) is 1.33. The summed E-state index contributed by atoms with van der Waals surface area (Å²) in [5.74, 6) is 0.304. The molecule has 5 nitrogen and oxygen atoms in total. The van der Waals surface area contributed by atoms with Crippen LogP contribution in [0.3, 0.4) is 0 Å². The highest BCUT2D eigenvalue weighted by Crippen LogP contribution is 2.17. The van der Waals surface area contributed by atoms with Gasteiger partial charge in [-0.15, -0.1) is 0 Å². The maximum atomic E-state index is 8.61. The second-order valence-electron chi connectivity index (χ2n) is 5.00. The Balaban J connectivity index is 1.85. The number of nitrogens with zero attached hydrogens (tertiary/aromatic N) is 3. The molecule has 104 valence electrons. The molecule has 1 aliphatic heterocycles. The zero-order valence-corrected chi connectivity index (χ0v) is 11.4. The van der Waals surface area contributed by atoms with Crippen LogP contribution in [0.2, 0.25) is 0 Å². The van der Waals surface area contributed by atoms with E-state index in [1.165, 1.54) is 5.69 Å². The number of hydrogen-bond donors (Lipinski definition) is 2. The van der Waals surface area contributed by atoms with Gasteiger partial charge in [0, 0.05) is 44.3 Å². The smallest absolute Gasteiger partial charge is 0.140 e. The highest BCUT2D eigenvalue weighted by molar-refractivity contribution is 5.80. The highest BCUT2D eigenvalue weighted by atomic mass is 16.4. The minimum Gasteiger partial charge on any atom is -0.409 e. The van der Waals surface area contributed by atoms with E-state index in [1.54, 1.807) is 0 Å². The quantitative estimate of drug-likeness (QED) is 0.372. The minimum atomic E-state index is 0.304. The van der Waals surface area contributed by atoms with Crippen LogP contribution < -0.4 is 10.6 Å². The van der Waals surface area contributed by atoms with Crippen LogP contribution >= 0.6 is 0 Å². The number of benzene rings is 1. The molecule has 0 saturated carbocycles. The molecule has 1 aliphatic rings. The van der Waals surface area contributed by atoms with Gasteiger partial charge in [0.1, 0.15) is 5.84 Å². The van der Waals surface area contributed by atoms with Crippen molar-refractivity contribution in [3.05, 3.63) is 30.3 Å². The molecule has 5 heteroatoms. The van der Waals surface area contributed by atoms with Crippen molar-refractivity contribution < 1.29 is 5.21 Å². The summed E-state index contributed by atoms with van der Waals surface area (Å²) in [6.45, 7) is 6.18. The standard InChI is InChI=1S/C14H22N4O/c1-12(11-14(15)16-19)17-7-9-18(10-8-17)13-5-3-2-4-6-13/h2-6,12,19H,7-11H2,1H3,(H2,15,16). The largest absolute Gasteiger partial charge is 0.409 e. The molecule has 1 unspecified atom stereocenters. The van der Waals surface area contributed by atoms with E-state index in [2.05, 4.69) is 46.1 Å². The lowest BCUT2D eigenvalue weighted by Crippen LogP contribution is -2.50. The third-order valence-corrected chi connectivity index (χ3v) is 3.69. The number of anilines is 1. The van der Waals surface area contributed by atoms with Gasteiger partial charge in [-0.1, -0.05) is 23.4 Å². The van der Waals surface area contributed by atoms with Crippen LogP contribution in [0.1, 0.15) is 13.3 Å². The van der Waals surface area contributed by atoms with Crippen molar-refractivity contribution in [2.45, 2.75) is 19.4 Å². The van der Waals surface area contributed by atoms with Crippen molar-refractivity contribution in [3.8, 4) is 0 Å². The SMILES string of the molecule is CC(CC(N)=NO)N1CCN(c2ccccc2)CC1. The number of hydrogen-bond acceptors (Lipinski definition) is 4. The van der Waals surface area contributed by atoms with Crippen LogP contribution in [-0.2, 0) is 0 Å². The number of amidine groups is 1. The molecular formula is C14H22N4O. The lowest BCUT2D eigenvalue weighted by Gasteiger charge is -2.39. The zero-order chi connectivity index (χ0) is 13.7. The molecular weight excluding hydrogens is 240 g/mol. The van der Waals surface area contributed by atoms with E-state index >= 15 is 0 Å². The third-order valence-electron chi connectivity index (χ3n) is 3.69. The maximum absolute atomic E-state index is 8.61. The van der Waals surface area contributed by atoms with E-state index < -0.39 is 0 Å². The second kappa shape index (κ2) is 6.43. The van der Waals surface area contributed by atoms with Crippen LogP contribution in [0.15, 0.2) is 35.5 Å². The highest BCUT2D eigenvalue weighted by Gasteiger charge is 2.21. The van der Waals surface area contributed by atoms with Crippen LogP contribution in [0, 0.1) is 0 Å². The second-order valence-corrected chi connectivity index (χ2v) is 5.00. The Bertz CT molecular complexity index is 413. The lowest BCUT2D eigenvalue weighted by atomic mass is 10.1. The van der Waals surface area contributed by atoms with Gasteiger partial charge in [-0.3, -0.25) is 4.90 Å². The van der Waals surface area contributed by atoms with Crippen molar-refractivity contribution in [1.29, 1.82) is 0 Å². The first-order chi connectivity index (χ1) is 9.20. The average Bonchev–Trinajstić information content (AvgIpc) is 2.48. The molecule has 3 N–H and O–H groups in total. The number of nitrogens with two attached hydrogens (primary N) is 1. The molecule has 1 heterocycles. The zero-order valence-electron chi connectivity index (χ0n) is 11.4. The Kier molecular flexibility index (Phi) is 4.63. The summed E-state index contributed by atoms with van der Waals surface area (Å²) >= 11 is 0. The van der Waals surface area contributed by atoms with Crippen molar-refractivity contribution in [3.63, 3.8) is 0 Å². The van der Waals surface area contributed by atoms with Crippen molar-refractivity contribution in [1.82, 2.24) is 4.90 Å². The molecule has 1 aromatic rings. The molecule has 1 fully saturated rings. The molecule has 0 aromatic heterocycles. The van der Waals surface area contributed by atoms with E-state index in [0.29, 0.717) is 18.3 Å². The van der Waals surface area contributed by atoms with Gasteiger partial charge >= 0.3 is 0 Å². The summed E-state index contributed by atoms with van der Waals surface area (Å²) < 4.78 is 0. The molecule has 1 atom stereocenters. The number of rotatable bonds is 4. The Morgan fingerprint density at radius 2 is 1.89 bits per heavy atom. The Morgan fingerprint density at radius 1 is 1.26 bits per heavy atom. The molecule has 0 radical (unpaired) electrons. The first-order valence-corrected chi connectivity index (χ1v) is 6.71. The summed E-state index contributed by atoms with van der Waals surface area (Å²) in [6.07, 6.45) is 0.613. The Morgan fingerprint density at radius 3 is 2.47 bits per heavy atom. The molecule has 1 saturated heterocycles. The van der Waals surface area contributed by atoms with Gasteiger partial charge < -0.3 is 15.8 Å². The molecule has 0 spiro atoms. The van der Waals surface area contributed by atoms with E-state index in [4.69, 9.17) is 10.9 Å². The topological polar surface area (TPSA) is 65.1 Å². The summed E-state index contributed by atoms with van der Waals surface area (Å²) in [7, 11) is 0. The first-order valence-electron chi connectivity index (χ1n) is 6.71. The van der Waals surface area contributed by atoms with Gasteiger partial charge in [0.15, 0.2) is 0 Å². The average molecular weight is 262 g/mol. The van der Waals surface area contributed by atoms with Gasteiger partial charge in [-0.05, 0) is 19.1 Å². The molecule has 19 heavy (non-hydrogen) atoms. The van der Waals surface area contributed by atoms with Gasteiger partial charge in [-0.2, -0.15) is 0 Å². The number of para-hydroxylation sites is 1. The van der Waals surface area contributed by atoms with Crippen LogP contribution in [0.25, 0.3) is 0 Å². The predicted molar refractivity (Wildman–Crippen MR) is 77.7 cm³/mol. The van der Waals surface area contributed by atoms with E-state index in [-0.39, 0.29) is 0 Å². The van der Waals surface area contributed by atoms with Crippen LogP contribution in [0.4, 0.5) is 5.69 Å². The van der Waals surface area contributed by atoms with Crippen molar-refractivity contribution in [2.75, 3.05) is 31.1 Å². The number of piperazine rings is 1.